The number of carbonyl (C=O) groups excluding carboxylic acids is 1. The van der Waals surface area contributed by atoms with E-state index in [9.17, 15) is 18.0 Å². The Morgan fingerprint density at radius 1 is 0.857 bits per heavy atom. The van der Waals surface area contributed by atoms with Gasteiger partial charge >= 0.3 is 12.3 Å². The lowest BCUT2D eigenvalue weighted by Crippen LogP contribution is -2.47. The van der Waals surface area contributed by atoms with Gasteiger partial charge in [0.25, 0.3) is 0 Å². The second-order valence-electron chi connectivity index (χ2n) is 5.80. The van der Waals surface area contributed by atoms with Crippen LogP contribution >= 0.6 is 0 Å². The Morgan fingerprint density at radius 3 is 1.93 bits per heavy atom. The van der Waals surface area contributed by atoms with Gasteiger partial charge in [-0.25, -0.2) is 0 Å². The van der Waals surface area contributed by atoms with Crippen molar-refractivity contribution in [2.24, 2.45) is 0 Å². The molecule has 7 heteroatoms. The number of pyridine rings is 1. The molecule has 1 N–H and O–H groups in total. The molecule has 1 amide bonds. The third-order valence-electron chi connectivity index (χ3n) is 3.70. The molecule has 1 heterocycles. The van der Waals surface area contributed by atoms with Crippen LogP contribution in [0.15, 0.2) is 79.1 Å². The van der Waals surface area contributed by atoms with E-state index >= 15 is 0 Å². The number of alkyl halides is 3. The van der Waals surface area contributed by atoms with E-state index in [1.54, 1.807) is 65.6 Å². The molecule has 0 bridgehead atoms. The first-order valence-electron chi connectivity index (χ1n) is 8.31. The number of hydrogen-bond acceptors (Lipinski definition) is 2. The topological polar surface area (TPSA) is 42.2 Å². The van der Waals surface area contributed by atoms with Gasteiger partial charge in [0.1, 0.15) is 5.75 Å². The maximum Gasteiger partial charge on any atom is 0.573 e. The van der Waals surface area contributed by atoms with Crippen LogP contribution in [0.4, 0.5) is 13.2 Å². The van der Waals surface area contributed by atoms with Gasteiger partial charge < -0.3 is 4.74 Å². The fraction of sp³-hybridized carbons (Fsp3) is 0.0476. The van der Waals surface area contributed by atoms with Crippen LogP contribution in [0.5, 0.6) is 5.75 Å². The zero-order chi connectivity index (χ0) is 20.0. The largest absolute Gasteiger partial charge is 0.573 e. The monoisotopic (exact) mass is 385 g/mol. The van der Waals surface area contributed by atoms with Crippen LogP contribution in [0.3, 0.4) is 0 Å². The van der Waals surface area contributed by atoms with Crippen LogP contribution in [0.1, 0.15) is 21.5 Å². The number of benzene rings is 2. The molecule has 1 aromatic heterocycles. The second kappa shape index (κ2) is 8.39. The van der Waals surface area contributed by atoms with Gasteiger partial charge in [-0.3, -0.25) is 4.79 Å². The third kappa shape index (κ3) is 5.70. The number of halogens is 3. The van der Waals surface area contributed by atoms with Gasteiger partial charge in [-0.15, -0.1) is 18.6 Å². The third-order valence-corrected chi connectivity index (χ3v) is 3.70. The first-order chi connectivity index (χ1) is 13.4. The van der Waals surface area contributed by atoms with Gasteiger partial charge in [0.15, 0.2) is 12.4 Å². The summed E-state index contributed by atoms with van der Waals surface area (Å²) in [6.07, 6.45) is 2.30. The molecule has 0 saturated heterocycles. The lowest BCUT2D eigenvalue weighted by molar-refractivity contribution is -0.641. The summed E-state index contributed by atoms with van der Waals surface area (Å²) in [5.41, 5.74) is 4.79. The smallest absolute Gasteiger partial charge is 0.406 e. The summed E-state index contributed by atoms with van der Waals surface area (Å²) >= 11 is 0. The average Bonchev–Trinajstić information content (AvgIpc) is 2.67. The highest BCUT2D eigenvalue weighted by atomic mass is 19.4. The van der Waals surface area contributed by atoms with Crippen molar-refractivity contribution in [3.8, 4) is 5.75 Å². The predicted octanol–water partition coefficient (Wildman–Crippen LogP) is 4.43. The maximum atomic E-state index is 12.2. The van der Waals surface area contributed by atoms with Gasteiger partial charge in [-0.2, -0.15) is 0 Å². The Morgan fingerprint density at radius 2 is 1.39 bits per heavy atom. The van der Waals surface area contributed by atoms with E-state index in [0.717, 1.165) is 11.1 Å². The van der Waals surface area contributed by atoms with Crippen LogP contribution in [0.25, 0.3) is 12.2 Å². The van der Waals surface area contributed by atoms with Crippen LogP contribution in [0.2, 0.25) is 0 Å². The van der Waals surface area contributed by atoms with Crippen molar-refractivity contribution < 1.29 is 27.4 Å². The Labute approximate surface area is 159 Å². The zero-order valence-corrected chi connectivity index (χ0v) is 14.6. The lowest BCUT2D eigenvalue weighted by atomic mass is 10.1. The Bertz CT molecular complexity index is 952. The molecule has 4 nitrogen and oxygen atoms in total. The van der Waals surface area contributed by atoms with E-state index in [2.05, 4.69) is 10.2 Å². The fourth-order valence-electron chi connectivity index (χ4n) is 2.37. The molecule has 0 aliphatic rings. The molecule has 142 valence electrons. The number of nitrogens with zero attached hydrogens (tertiary/aromatic N) is 1. The molecular weight excluding hydrogens is 369 g/mol. The molecule has 28 heavy (non-hydrogen) atoms. The second-order valence-corrected chi connectivity index (χ2v) is 5.80. The molecular formula is C21H16F3N2O2+. The van der Waals surface area contributed by atoms with E-state index in [-0.39, 0.29) is 11.7 Å². The first kappa shape index (κ1) is 19.2. The molecule has 0 aliphatic carbocycles. The van der Waals surface area contributed by atoms with Crippen LogP contribution in [-0.2, 0) is 0 Å². The standard InChI is InChI=1S/C21H15F3N2O2/c22-21(23,24)28-19-12-8-17(9-13-19)5-4-16-6-10-18(11-7-16)20(27)25-26-14-2-1-3-15-26/h1-15H/p+1/b5-4+. The van der Waals surface area contributed by atoms with E-state index in [0.29, 0.717) is 5.56 Å². The van der Waals surface area contributed by atoms with E-state index in [1.807, 2.05) is 6.07 Å². The molecule has 0 saturated carbocycles. The maximum absolute atomic E-state index is 12.2. The summed E-state index contributed by atoms with van der Waals surface area (Å²) in [5, 5.41) is 0. The van der Waals surface area contributed by atoms with Gasteiger partial charge in [0, 0.05) is 17.7 Å². The molecule has 0 aliphatic heterocycles. The van der Waals surface area contributed by atoms with Crippen molar-refractivity contribution in [1.82, 2.24) is 0 Å². The summed E-state index contributed by atoms with van der Waals surface area (Å²) in [4.78, 5) is 12.2. The van der Waals surface area contributed by atoms with Gasteiger partial charge in [-0.05, 0) is 35.4 Å². The molecule has 0 radical (unpaired) electrons. The minimum absolute atomic E-state index is 0.244. The number of ether oxygens (including phenoxy) is 1. The minimum atomic E-state index is -4.70. The molecule has 0 fully saturated rings. The SMILES string of the molecule is O=C(N[n+]1ccccc1)c1ccc(/C=C/c2ccc(OC(F)(F)F)cc2)cc1. The lowest BCUT2D eigenvalue weighted by Gasteiger charge is -2.08. The molecule has 3 rings (SSSR count). The van der Waals surface area contributed by atoms with Gasteiger partial charge in [0.05, 0.1) is 0 Å². The molecule has 0 spiro atoms. The van der Waals surface area contributed by atoms with Gasteiger partial charge in [0.2, 0.25) is 0 Å². The Balaban J connectivity index is 1.61. The van der Waals surface area contributed by atoms with Crippen LogP contribution in [0, 0.1) is 0 Å². The van der Waals surface area contributed by atoms with Crippen LogP contribution < -0.4 is 14.8 Å². The first-order valence-corrected chi connectivity index (χ1v) is 8.31. The van der Waals surface area contributed by atoms with E-state index in [1.165, 1.54) is 24.3 Å². The van der Waals surface area contributed by atoms with E-state index < -0.39 is 6.36 Å². The highest BCUT2D eigenvalue weighted by Gasteiger charge is 2.30. The Hall–Kier alpha value is -3.61. The molecule has 3 aromatic rings. The molecule has 0 atom stereocenters. The quantitative estimate of drug-likeness (QED) is 0.522. The van der Waals surface area contributed by atoms with E-state index in [4.69, 9.17) is 0 Å². The summed E-state index contributed by atoms with van der Waals surface area (Å²) in [7, 11) is 0. The number of hydrogen-bond donors (Lipinski definition) is 1. The van der Waals surface area contributed by atoms with Crippen LogP contribution in [-0.4, -0.2) is 12.3 Å². The van der Waals surface area contributed by atoms with Crippen molar-refractivity contribution in [2.75, 3.05) is 5.43 Å². The zero-order valence-electron chi connectivity index (χ0n) is 14.6. The number of aromatic nitrogens is 1. The molecule has 0 unspecified atom stereocenters. The minimum Gasteiger partial charge on any atom is -0.406 e. The van der Waals surface area contributed by atoms with Crippen molar-refractivity contribution in [1.29, 1.82) is 0 Å². The summed E-state index contributed by atoms with van der Waals surface area (Å²) in [5.74, 6) is -0.511. The fourth-order valence-corrected chi connectivity index (χ4v) is 2.37. The highest BCUT2D eigenvalue weighted by molar-refractivity contribution is 5.98. The van der Waals surface area contributed by atoms with Crippen molar-refractivity contribution in [3.05, 3.63) is 95.8 Å². The predicted molar refractivity (Wildman–Crippen MR) is 98.8 cm³/mol. The van der Waals surface area contributed by atoms with Gasteiger partial charge in [-0.1, -0.05) is 47.2 Å². The average molecular weight is 385 g/mol. The summed E-state index contributed by atoms with van der Waals surface area (Å²) in [6, 6.07) is 17.9. The highest BCUT2D eigenvalue weighted by Crippen LogP contribution is 2.23. The normalized spacial score (nSPS) is 11.4. The van der Waals surface area contributed by atoms with Crippen molar-refractivity contribution in [2.45, 2.75) is 6.36 Å². The van der Waals surface area contributed by atoms with Crippen molar-refractivity contribution in [3.63, 3.8) is 0 Å². The number of amides is 1. The van der Waals surface area contributed by atoms with Crippen molar-refractivity contribution >= 4 is 18.1 Å². The Kier molecular flexibility index (Phi) is 5.74. The summed E-state index contributed by atoms with van der Waals surface area (Å²) < 4.78 is 41.9. The summed E-state index contributed by atoms with van der Waals surface area (Å²) in [6.45, 7) is 0. The number of rotatable bonds is 5. The number of carbonyl (C=O) groups is 1. The molecule has 2 aromatic carbocycles. The number of nitrogens with one attached hydrogen (secondary N) is 1.